The van der Waals surface area contributed by atoms with Crippen LogP contribution >= 0.6 is 0 Å². The van der Waals surface area contributed by atoms with Crippen molar-refractivity contribution in [1.29, 1.82) is 0 Å². The van der Waals surface area contributed by atoms with E-state index in [1.54, 1.807) is 0 Å². The fourth-order valence-corrected chi connectivity index (χ4v) is 2.15. The van der Waals surface area contributed by atoms with E-state index in [1.807, 2.05) is 26.8 Å². The lowest BCUT2D eigenvalue weighted by Gasteiger charge is -2.29. The second kappa shape index (κ2) is 4.35. The molecule has 1 heterocycles. The summed E-state index contributed by atoms with van der Waals surface area (Å²) in [6.45, 7) is 6.07. The van der Waals surface area contributed by atoms with Crippen molar-refractivity contribution in [2.45, 2.75) is 39.7 Å². The summed E-state index contributed by atoms with van der Waals surface area (Å²) in [5.74, 6) is -0.524. The zero-order chi connectivity index (χ0) is 13.5. The van der Waals surface area contributed by atoms with Gasteiger partial charge in [0.1, 0.15) is 5.82 Å². The number of nitrogens with two attached hydrogens (primary N) is 1. The molecule has 0 saturated carbocycles. The number of carbonyl (C=O) groups is 1. The Hall–Kier alpha value is -1.42. The molecule has 0 spiro atoms. The summed E-state index contributed by atoms with van der Waals surface area (Å²) in [4.78, 5) is 11.3. The maximum Gasteiger partial charge on any atom is 0.224 e. The van der Waals surface area contributed by atoms with E-state index >= 15 is 0 Å². The van der Waals surface area contributed by atoms with Crippen molar-refractivity contribution in [1.82, 2.24) is 0 Å². The Morgan fingerprint density at radius 3 is 2.61 bits per heavy atom. The van der Waals surface area contributed by atoms with E-state index < -0.39 is 5.82 Å². The van der Waals surface area contributed by atoms with Crippen molar-refractivity contribution in [3.8, 4) is 0 Å². The van der Waals surface area contributed by atoms with E-state index in [0.29, 0.717) is 18.5 Å². The number of aryl methyl sites for hydroxylation is 1. The van der Waals surface area contributed by atoms with Gasteiger partial charge in [0.25, 0.3) is 0 Å². The zero-order valence-electron chi connectivity index (χ0n) is 11.0. The summed E-state index contributed by atoms with van der Waals surface area (Å²) in [5, 5.41) is 2.58. The molecular weight excluding hydrogens is 231 g/mol. The van der Waals surface area contributed by atoms with Crippen molar-refractivity contribution in [3.05, 3.63) is 29.1 Å². The monoisotopic (exact) mass is 250 g/mol. The first-order chi connectivity index (χ1) is 8.29. The van der Waals surface area contributed by atoms with Crippen molar-refractivity contribution >= 4 is 11.6 Å². The van der Waals surface area contributed by atoms with E-state index in [-0.39, 0.29) is 17.4 Å². The molecule has 1 aromatic carbocycles. The Kier molecular flexibility index (Phi) is 3.15. The molecule has 1 unspecified atom stereocenters. The van der Waals surface area contributed by atoms with Gasteiger partial charge in [0.2, 0.25) is 5.91 Å². The van der Waals surface area contributed by atoms with Crippen LogP contribution < -0.4 is 11.1 Å². The zero-order valence-corrected chi connectivity index (χ0v) is 11.0. The van der Waals surface area contributed by atoms with Gasteiger partial charge >= 0.3 is 0 Å². The average molecular weight is 250 g/mol. The van der Waals surface area contributed by atoms with Gasteiger partial charge in [-0.1, -0.05) is 26.8 Å². The fraction of sp³-hybridized carbons (Fsp3) is 0.500. The Morgan fingerprint density at radius 2 is 2.00 bits per heavy atom. The third-order valence-corrected chi connectivity index (χ3v) is 3.37. The van der Waals surface area contributed by atoms with E-state index in [4.69, 9.17) is 5.73 Å². The van der Waals surface area contributed by atoms with E-state index in [0.717, 1.165) is 11.1 Å². The first-order valence-corrected chi connectivity index (χ1v) is 6.17. The Labute approximate surface area is 107 Å². The Bertz CT molecular complexity index is 491. The number of benzene rings is 1. The van der Waals surface area contributed by atoms with E-state index in [2.05, 4.69) is 5.32 Å². The van der Waals surface area contributed by atoms with Gasteiger partial charge in [-0.25, -0.2) is 4.39 Å². The number of anilines is 1. The summed E-state index contributed by atoms with van der Waals surface area (Å²) in [6, 6.07) is 3.11. The van der Waals surface area contributed by atoms with Crippen LogP contribution in [-0.4, -0.2) is 5.91 Å². The van der Waals surface area contributed by atoms with E-state index in [1.165, 1.54) is 6.07 Å². The minimum atomic E-state index is -0.393. The van der Waals surface area contributed by atoms with Crippen LogP contribution in [0.3, 0.4) is 0 Å². The minimum absolute atomic E-state index is 0.126. The third-order valence-electron chi connectivity index (χ3n) is 3.37. The van der Waals surface area contributed by atoms with Gasteiger partial charge < -0.3 is 11.1 Å². The largest absolute Gasteiger partial charge is 0.324 e. The summed E-state index contributed by atoms with van der Waals surface area (Å²) in [5.41, 5.74) is 7.96. The van der Waals surface area contributed by atoms with Gasteiger partial charge in [-0.2, -0.15) is 0 Å². The second-order valence-electron chi connectivity index (χ2n) is 5.93. The standard InChI is InChI=1S/C14H19FN2O/c1-14(2,3)13(16)9-6-8-4-5-11(18)17-12(8)10(15)7-9/h6-7,13H,4-5,16H2,1-3H3,(H,17,18). The van der Waals surface area contributed by atoms with Crippen LogP contribution in [0.5, 0.6) is 0 Å². The molecule has 18 heavy (non-hydrogen) atoms. The molecule has 3 N–H and O–H groups in total. The Morgan fingerprint density at radius 1 is 1.33 bits per heavy atom. The van der Waals surface area contributed by atoms with Crippen LogP contribution in [0.15, 0.2) is 12.1 Å². The number of amides is 1. The molecule has 1 aliphatic rings. The molecule has 98 valence electrons. The van der Waals surface area contributed by atoms with Crippen molar-refractivity contribution < 1.29 is 9.18 Å². The molecule has 0 radical (unpaired) electrons. The average Bonchev–Trinajstić information content (AvgIpc) is 2.27. The van der Waals surface area contributed by atoms with Crippen molar-refractivity contribution in [2.24, 2.45) is 11.1 Å². The molecule has 1 aliphatic heterocycles. The molecule has 0 aromatic heterocycles. The van der Waals surface area contributed by atoms with Crippen LogP contribution in [0.4, 0.5) is 10.1 Å². The van der Waals surface area contributed by atoms with Crippen molar-refractivity contribution in [3.63, 3.8) is 0 Å². The number of hydrogen-bond acceptors (Lipinski definition) is 2. The molecule has 0 aliphatic carbocycles. The normalized spacial score (nSPS) is 17.1. The first-order valence-electron chi connectivity index (χ1n) is 6.17. The maximum atomic E-state index is 14.0. The molecule has 0 saturated heterocycles. The highest BCUT2D eigenvalue weighted by Gasteiger charge is 2.26. The highest BCUT2D eigenvalue weighted by molar-refractivity contribution is 5.94. The van der Waals surface area contributed by atoms with E-state index in [9.17, 15) is 9.18 Å². The van der Waals surface area contributed by atoms with Gasteiger partial charge in [-0.3, -0.25) is 4.79 Å². The number of halogens is 1. The summed E-state index contributed by atoms with van der Waals surface area (Å²) < 4.78 is 14.0. The SMILES string of the molecule is CC(C)(C)C(N)c1cc(F)c2c(c1)CCC(=O)N2. The Balaban J connectivity index is 2.42. The molecule has 1 atom stereocenters. The second-order valence-corrected chi connectivity index (χ2v) is 5.93. The summed E-state index contributed by atoms with van der Waals surface area (Å²) in [6.07, 6.45) is 0.976. The highest BCUT2D eigenvalue weighted by atomic mass is 19.1. The van der Waals surface area contributed by atoms with Gasteiger partial charge in [0.15, 0.2) is 0 Å². The topological polar surface area (TPSA) is 55.1 Å². The van der Waals surface area contributed by atoms with Crippen molar-refractivity contribution in [2.75, 3.05) is 5.32 Å². The predicted molar refractivity (Wildman–Crippen MR) is 69.7 cm³/mol. The molecule has 0 fully saturated rings. The number of nitrogens with one attached hydrogen (secondary N) is 1. The van der Waals surface area contributed by atoms with Crippen LogP contribution in [0, 0.1) is 11.2 Å². The molecule has 2 rings (SSSR count). The van der Waals surface area contributed by atoms with Crippen LogP contribution in [0.1, 0.15) is 44.4 Å². The lowest BCUT2D eigenvalue weighted by atomic mass is 9.82. The lowest BCUT2D eigenvalue weighted by molar-refractivity contribution is -0.116. The predicted octanol–water partition coefficient (Wildman–Crippen LogP) is 2.76. The van der Waals surface area contributed by atoms with Gasteiger partial charge in [0.05, 0.1) is 5.69 Å². The molecule has 1 aromatic rings. The summed E-state index contributed by atoms with van der Waals surface area (Å²) in [7, 11) is 0. The minimum Gasteiger partial charge on any atom is -0.324 e. The molecule has 1 amide bonds. The van der Waals surface area contributed by atoms with Gasteiger partial charge in [-0.05, 0) is 29.0 Å². The maximum absolute atomic E-state index is 14.0. The number of fused-ring (bicyclic) bond motifs is 1. The summed E-state index contributed by atoms with van der Waals surface area (Å²) >= 11 is 0. The molecular formula is C14H19FN2O. The smallest absolute Gasteiger partial charge is 0.224 e. The number of carbonyl (C=O) groups excluding carboxylic acids is 1. The van der Waals surface area contributed by atoms with Crippen LogP contribution in [0.25, 0.3) is 0 Å². The number of rotatable bonds is 1. The third kappa shape index (κ3) is 2.38. The quantitative estimate of drug-likeness (QED) is 0.805. The molecule has 4 heteroatoms. The highest BCUT2D eigenvalue weighted by Crippen LogP contribution is 2.35. The number of hydrogen-bond donors (Lipinski definition) is 2. The lowest BCUT2D eigenvalue weighted by Crippen LogP contribution is -2.27. The van der Waals surface area contributed by atoms with Gasteiger partial charge in [-0.15, -0.1) is 0 Å². The fourth-order valence-electron chi connectivity index (χ4n) is 2.15. The first kappa shape index (κ1) is 13.0. The molecule has 3 nitrogen and oxygen atoms in total. The molecule has 0 bridgehead atoms. The van der Waals surface area contributed by atoms with Crippen LogP contribution in [-0.2, 0) is 11.2 Å². The van der Waals surface area contributed by atoms with Crippen LogP contribution in [0.2, 0.25) is 0 Å². The van der Waals surface area contributed by atoms with Gasteiger partial charge in [0, 0.05) is 12.5 Å².